The van der Waals surface area contributed by atoms with E-state index in [1.165, 1.54) is 12.4 Å². The number of hydrogen-bond acceptors (Lipinski definition) is 5. The minimum Gasteiger partial charge on any atom is -0.243 e. The number of carbonyl (C=O) groups excluding carboxylic acids is 1. The molecule has 0 saturated heterocycles. The number of halogens is 1. The summed E-state index contributed by atoms with van der Waals surface area (Å²) in [6.07, 6.45) is 3.44. The van der Waals surface area contributed by atoms with E-state index in [0.29, 0.717) is 12.1 Å². The summed E-state index contributed by atoms with van der Waals surface area (Å²) in [5.74, 6) is 0. The van der Waals surface area contributed by atoms with Crippen LogP contribution in [0.1, 0.15) is 26.5 Å². The van der Waals surface area contributed by atoms with Crippen LogP contribution in [0.4, 0.5) is 4.79 Å². The maximum atomic E-state index is 12.1. The van der Waals surface area contributed by atoms with Gasteiger partial charge < -0.3 is 0 Å². The molecule has 0 saturated carbocycles. The van der Waals surface area contributed by atoms with Crippen molar-refractivity contribution >= 4 is 17.6 Å². The molecule has 0 amide bonds. The molecule has 0 aliphatic carbocycles. The molecule has 96 valence electrons. The summed E-state index contributed by atoms with van der Waals surface area (Å²) in [4.78, 5) is 12.1. The van der Waals surface area contributed by atoms with E-state index in [9.17, 15) is 4.79 Å². The van der Waals surface area contributed by atoms with E-state index in [0.717, 1.165) is 9.36 Å². The molecular formula is C10H13ClN6O. The Morgan fingerprint density at radius 3 is 2.67 bits per heavy atom. The van der Waals surface area contributed by atoms with E-state index in [-0.39, 0.29) is 10.6 Å². The molecule has 2 rings (SSSR count). The summed E-state index contributed by atoms with van der Waals surface area (Å²) < 4.78 is 2.24. The minimum atomic E-state index is -0.453. The van der Waals surface area contributed by atoms with Gasteiger partial charge in [-0.15, -0.1) is 10.2 Å². The fraction of sp³-hybridized carbons (Fsp3) is 0.500. The van der Waals surface area contributed by atoms with E-state index in [1.54, 1.807) is 0 Å². The molecule has 2 aromatic rings. The van der Waals surface area contributed by atoms with Gasteiger partial charge in [-0.25, -0.2) is 4.79 Å². The Bertz CT molecular complexity index is 553. The first kappa shape index (κ1) is 12.7. The highest BCUT2D eigenvalue weighted by Crippen LogP contribution is 2.24. The quantitative estimate of drug-likeness (QED) is 0.785. The smallest absolute Gasteiger partial charge is 0.243 e. The molecule has 0 fully saturated rings. The van der Waals surface area contributed by atoms with Crippen molar-refractivity contribution in [3.8, 4) is 0 Å². The van der Waals surface area contributed by atoms with Crippen molar-refractivity contribution in [3.05, 3.63) is 23.2 Å². The summed E-state index contributed by atoms with van der Waals surface area (Å²) in [6.45, 7) is 6.13. The molecule has 18 heavy (non-hydrogen) atoms. The van der Waals surface area contributed by atoms with Gasteiger partial charge in [-0.1, -0.05) is 42.8 Å². The van der Waals surface area contributed by atoms with Crippen molar-refractivity contribution in [2.75, 3.05) is 0 Å². The second-order valence-corrected chi connectivity index (χ2v) is 5.46. The number of nitrogens with zero attached hydrogens (tertiary/aromatic N) is 6. The minimum absolute atomic E-state index is 0.0360. The van der Waals surface area contributed by atoms with Gasteiger partial charge in [-0.3, -0.25) is 0 Å². The van der Waals surface area contributed by atoms with E-state index in [1.807, 2.05) is 20.8 Å². The maximum absolute atomic E-state index is 12.1. The second-order valence-electron chi connectivity index (χ2n) is 5.11. The zero-order valence-corrected chi connectivity index (χ0v) is 11.1. The lowest BCUT2D eigenvalue weighted by Gasteiger charge is -2.17. The predicted octanol–water partition coefficient (Wildman–Crippen LogP) is 1.63. The summed E-state index contributed by atoms with van der Waals surface area (Å²) in [5.41, 5.74) is 0.538. The van der Waals surface area contributed by atoms with Crippen LogP contribution in [-0.4, -0.2) is 36.0 Å². The van der Waals surface area contributed by atoms with Crippen molar-refractivity contribution < 1.29 is 4.79 Å². The highest BCUT2D eigenvalue weighted by Gasteiger charge is 2.23. The Hall–Kier alpha value is -1.76. The van der Waals surface area contributed by atoms with E-state index >= 15 is 0 Å². The summed E-state index contributed by atoms with van der Waals surface area (Å²) in [5, 5.41) is 14.9. The first-order valence-corrected chi connectivity index (χ1v) is 5.77. The molecule has 7 nitrogen and oxygen atoms in total. The average molecular weight is 269 g/mol. The summed E-state index contributed by atoms with van der Waals surface area (Å²) in [6, 6.07) is -0.453. The normalized spacial score (nSPS) is 11.8. The van der Waals surface area contributed by atoms with Crippen LogP contribution in [0.2, 0.25) is 5.15 Å². The lowest BCUT2D eigenvalue weighted by atomic mass is 9.91. The van der Waals surface area contributed by atoms with E-state index in [4.69, 9.17) is 11.6 Å². The van der Waals surface area contributed by atoms with Crippen LogP contribution in [0.3, 0.4) is 0 Å². The summed E-state index contributed by atoms with van der Waals surface area (Å²) in [7, 11) is 0. The van der Waals surface area contributed by atoms with Crippen LogP contribution in [0, 0.1) is 5.41 Å². The van der Waals surface area contributed by atoms with Crippen LogP contribution < -0.4 is 0 Å². The van der Waals surface area contributed by atoms with E-state index in [2.05, 4.69) is 20.6 Å². The van der Waals surface area contributed by atoms with Crippen molar-refractivity contribution in [2.45, 2.75) is 27.2 Å². The SMILES string of the molecule is CC(C)(C)Cc1c(Cl)nnn1C(=O)n1ccnn1. The molecule has 2 heterocycles. The second kappa shape index (κ2) is 4.49. The van der Waals surface area contributed by atoms with Gasteiger partial charge in [-0.2, -0.15) is 9.36 Å². The van der Waals surface area contributed by atoms with Crippen LogP contribution in [0.5, 0.6) is 0 Å². The molecular weight excluding hydrogens is 256 g/mol. The van der Waals surface area contributed by atoms with Crippen molar-refractivity contribution in [1.82, 2.24) is 30.0 Å². The van der Waals surface area contributed by atoms with Crippen LogP contribution in [-0.2, 0) is 6.42 Å². The highest BCUT2D eigenvalue weighted by molar-refractivity contribution is 6.30. The molecule has 0 aromatic carbocycles. The van der Waals surface area contributed by atoms with Gasteiger partial charge in [0.05, 0.1) is 18.1 Å². The Morgan fingerprint density at radius 1 is 1.39 bits per heavy atom. The molecule has 0 spiro atoms. The highest BCUT2D eigenvalue weighted by atomic mass is 35.5. The molecule has 0 N–H and O–H groups in total. The maximum Gasteiger partial charge on any atom is 0.372 e. The van der Waals surface area contributed by atoms with Crippen LogP contribution in [0.15, 0.2) is 12.4 Å². The Balaban J connectivity index is 2.37. The molecule has 2 aromatic heterocycles. The standard InChI is InChI=1S/C10H13ClN6O/c1-10(2,3)6-7-8(11)13-15-17(7)9(18)16-5-4-12-14-16/h4-5H,6H2,1-3H3. The molecule has 0 radical (unpaired) electrons. The molecule has 0 bridgehead atoms. The van der Waals surface area contributed by atoms with Crippen LogP contribution in [0.25, 0.3) is 0 Å². The van der Waals surface area contributed by atoms with Gasteiger partial charge in [0.2, 0.25) is 0 Å². The lowest BCUT2D eigenvalue weighted by Crippen LogP contribution is -2.25. The fourth-order valence-corrected chi connectivity index (χ4v) is 1.67. The number of hydrogen-bond donors (Lipinski definition) is 0. The molecule has 8 heteroatoms. The first-order valence-electron chi connectivity index (χ1n) is 5.39. The molecule has 0 unspecified atom stereocenters. The largest absolute Gasteiger partial charge is 0.372 e. The van der Waals surface area contributed by atoms with Crippen molar-refractivity contribution in [3.63, 3.8) is 0 Å². The van der Waals surface area contributed by atoms with Gasteiger partial charge in [-0.05, 0) is 11.8 Å². The monoisotopic (exact) mass is 268 g/mol. The average Bonchev–Trinajstić information content (AvgIpc) is 2.87. The van der Waals surface area contributed by atoms with Crippen molar-refractivity contribution in [1.29, 1.82) is 0 Å². The third-order valence-corrected chi connectivity index (χ3v) is 2.51. The Morgan fingerprint density at radius 2 is 2.11 bits per heavy atom. The van der Waals surface area contributed by atoms with E-state index < -0.39 is 6.03 Å². The zero-order valence-electron chi connectivity index (χ0n) is 10.3. The summed E-state index contributed by atoms with van der Waals surface area (Å²) >= 11 is 5.96. The molecule has 0 aliphatic heterocycles. The third kappa shape index (κ3) is 2.56. The molecule has 0 aliphatic rings. The molecule has 0 atom stereocenters. The number of aromatic nitrogens is 6. The third-order valence-electron chi connectivity index (χ3n) is 2.21. The topological polar surface area (TPSA) is 78.5 Å². The van der Waals surface area contributed by atoms with Gasteiger partial charge in [0.15, 0.2) is 5.15 Å². The first-order chi connectivity index (χ1) is 8.38. The Labute approximate surface area is 109 Å². The number of carbonyl (C=O) groups is 1. The number of rotatable bonds is 1. The fourth-order valence-electron chi connectivity index (χ4n) is 1.49. The van der Waals surface area contributed by atoms with Crippen molar-refractivity contribution in [2.24, 2.45) is 5.41 Å². The van der Waals surface area contributed by atoms with Gasteiger partial charge in [0.25, 0.3) is 0 Å². The van der Waals surface area contributed by atoms with Gasteiger partial charge in [0, 0.05) is 0 Å². The van der Waals surface area contributed by atoms with Gasteiger partial charge in [0.1, 0.15) is 0 Å². The lowest BCUT2D eigenvalue weighted by molar-refractivity contribution is 0.235. The Kier molecular flexibility index (Phi) is 3.16. The van der Waals surface area contributed by atoms with Gasteiger partial charge >= 0.3 is 6.03 Å². The zero-order chi connectivity index (χ0) is 13.3. The van der Waals surface area contributed by atoms with Crippen LogP contribution >= 0.6 is 11.6 Å². The predicted molar refractivity (Wildman–Crippen MR) is 64.4 cm³/mol.